The maximum absolute atomic E-state index is 12.7. The van der Waals surface area contributed by atoms with Crippen molar-refractivity contribution in [3.63, 3.8) is 0 Å². The van der Waals surface area contributed by atoms with E-state index in [0.717, 1.165) is 24.9 Å². The Morgan fingerprint density at radius 2 is 1.92 bits per heavy atom. The van der Waals surface area contributed by atoms with Crippen molar-refractivity contribution in [3.05, 3.63) is 35.9 Å². The number of ether oxygens (including phenoxy) is 1. The van der Waals surface area contributed by atoms with Crippen LogP contribution in [0.1, 0.15) is 31.4 Å². The lowest BCUT2D eigenvalue weighted by atomic mass is 9.96. The van der Waals surface area contributed by atoms with Crippen molar-refractivity contribution < 1.29 is 14.3 Å². The van der Waals surface area contributed by atoms with Gasteiger partial charge in [-0.05, 0) is 31.9 Å². The number of piperidine rings is 1. The van der Waals surface area contributed by atoms with Gasteiger partial charge in [-0.3, -0.25) is 14.5 Å². The average Bonchev–Trinajstić information content (AvgIpc) is 2.69. The van der Waals surface area contributed by atoms with E-state index in [4.69, 9.17) is 4.74 Å². The molecule has 1 aromatic carbocycles. The van der Waals surface area contributed by atoms with Crippen molar-refractivity contribution >= 4 is 11.8 Å². The van der Waals surface area contributed by atoms with E-state index in [0.29, 0.717) is 39.4 Å². The number of hydrogen-bond donors (Lipinski definition) is 1. The van der Waals surface area contributed by atoms with Crippen LogP contribution in [0.25, 0.3) is 0 Å². The highest BCUT2D eigenvalue weighted by molar-refractivity contribution is 5.80. The van der Waals surface area contributed by atoms with Gasteiger partial charge in [0.15, 0.2) is 0 Å². The maximum Gasteiger partial charge on any atom is 0.234 e. The highest BCUT2D eigenvalue weighted by Gasteiger charge is 2.30. The minimum Gasteiger partial charge on any atom is -0.378 e. The van der Waals surface area contributed by atoms with Crippen molar-refractivity contribution in [2.24, 2.45) is 5.92 Å². The van der Waals surface area contributed by atoms with Crippen LogP contribution in [0.2, 0.25) is 0 Å². The Morgan fingerprint density at radius 3 is 2.65 bits per heavy atom. The summed E-state index contributed by atoms with van der Waals surface area (Å²) in [4.78, 5) is 29.1. The van der Waals surface area contributed by atoms with Gasteiger partial charge in [-0.1, -0.05) is 30.3 Å². The second-order valence-electron chi connectivity index (χ2n) is 7.21. The van der Waals surface area contributed by atoms with Gasteiger partial charge in [0.1, 0.15) is 0 Å². The zero-order valence-corrected chi connectivity index (χ0v) is 15.5. The first-order chi connectivity index (χ1) is 12.6. The zero-order valence-electron chi connectivity index (χ0n) is 15.5. The summed E-state index contributed by atoms with van der Waals surface area (Å²) in [6, 6.07) is 9.94. The van der Waals surface area contributed by atoms with E-state index in [2.05, 4.69) is 10.2 Å². The molecule has 0 saturated carbocycles. The molecule has 2 fully saturated rings. The van der Waals surface area contributed by atoms with Crippen molar-refractivity contribution in [1.82, 2.24) is 15.1 Å². The fourth-order valence-corrected chi connectivity index (χ4v) is 3.76. The maximum atomic E-state index is 12.7. The summed E-state index contributed by atoms with van der Waals surface area (Å²) >= 11 is 0. The lowest BCUT2D eigenvalue weighted by molar-refractivity contribution is -0.142. The van der Waals surface area contributed by atoms with Crippen LogP contribution in [0.15, 0.2) is 30.3 Å². The molecule has 0 bridgehead atoms. The average molecular weight is 359 g/mol. The smallest absolute Gasteiger partial charge is 0.234 e. The minimum absolute atomic E-state index is 0.00111. The predicted molar refractivity (Wildman–Crippen MR) is 99.6 cm³/mol. The predicted octanol–water partition coefficient (Wildman–Crippen LogP) is 1.43. The quantitative estimate of drug-likeness (QED) is 0.864. The third-order valence-corrected chi connectivity index (χ3v) is 5.22. The molecule has 2 aliphatic rings. The van der Waals surface area contributed by atoms with Gasteiger partial charge in [-0.25, -0.2) is 0 Å². The Hall–Kier alpha value is -1.92. The van der Waals surface area contributed by atoms with Gasteiger partial charge in [-0.2, -0.15) is 0 Å². The molecule has 2 saturated heterocycles. The second kappa shape index (κ2) is 9.14. The molecule has 2 atom stereocenters. The van der Waals surface area contributed by atoms with Crippen molar-refractivity contribution in [3.8, 4) is 0 Å². The number of morpholine rings is 1. The van der Waals surface area contributed by atoms with Crippen LogP contribution in [-0.4, -0.2) is 67.6 Å². The molecular formula is C20H29N3O3. The molecule has 26 heavy (non-hydrogen) atoms. The summed E-state index contributed by atoms with van der Waals surface area (Å²) in [5, 5.41) is 3.06. The fraction of sp³-hybridized carbons (Fsp3) is 0.600. The minimum atomic E-state index is -0.0146. The number of carbonyl (C=O) groups excluding carboxylic acids is 2. The lowest BCUT2D eigenvalue weighted by Crippen LogP contribution is -2.50. The van der Waals surface area contributed by atoms with E-state index in [1.807, 2.05) is 42.2 Å². The molecule has 0 radical (unpaired) electrons. The molecule has 2 unspecified atom stereocenters. The van der Waals surface area contributed by atoms with Crippen LogP contribution in [0.5, 0.6) is 0 Å². The molecular weight excluding hydrogens is 330 g/mol. The lowest BCUT2D eigenvalue weighted by Gasteiger charge is -2.36. The van der Waals surface area contributed by atoms with Gasteiger partial charge in [0.2, 0.25) is 11.8 Å². The number of likely N-dealkylation sites (tertiary alicyclic amines) is 1. The summed E-state index contributed by atoms with van der Waals surface area (Å²) in [5.41, 5.74) is 1.10. The Balaban J connectivity index is 1.48. The van der Waals surface area contributed by atoms with Gasteiger partial charge in [0, 0.05) is 19.6 Å². The Morgan fingerprint density at radius 1 is 1.19 bits per heavy atom. The third kappa shape index (κ3) is 5.05. The third-order valence-electron chi connectivity index (χ3n) is 5.22. The number of nitrogens with zero attached hydrogens (tertiary/aromatic N) is 2. The summed E-state index contributed by atoms with van der Waals surface area (Å²) in [6.07, 6.45) is 1.87. The van der Waals surface area contributed by atoms with Crippen LogP contribution < -0.4 is 5.32 Å². The first-order valence-electron chi connectivity index (χ1n) is 9.56. The normalized spacial score (nSPS) is 22.7. The number of carbonyl (C=O) groups is 2. The van der Waals surface area contributed by atoms with Crippen LogP contribution in [-0.2, 0) is 14.3 Å². The Labute approximate surface area is 155 Å². The molecule has 6 nitrogen and oxygen atoms in total. The summed E-state index contributed by atoms with van der Waals surface area (Å²) in [7, 11) is 0. The van der Waals surface area contributed by atoms with Gasteiger partial charge >= 0.3 is 0 Å². The highest BCUT2D eigenvalue weighted by Crippen LogP contribution is 2.19. The zero-order chi connectivity index (χ0) is 18.4. The first kappa shape index (κ1) is 18.9. The van der Waals surface area contributed by atoms with Crippen molar-refractivity contribution in [2.75, 3.05) is 45.9 Å². The molecule has 2 aliphatic heterocycles. The molecule has 1 N–H and O–H groups in total. The van der Waals surface area contributed by atoms with Crippen LogP contribution in [0.4, 0.5) is 0 Å². The Kier molecular flexibility index (Phi) is 6.63. The van der Waals surface area contributed by atoms with Crippen molar-refractivity contribution in [2.45, 2.75) is 25.8 Å². The molecule has 2 amide bonds. The molecule has 1 aromatic rings. The van der Waals surface area contributed by atoms with Crippen LogP contribution in [0.3, 0.4) is 0 Å². The number of rotatable bonds is 5. The molecule has 0 aromatic heterocycles. The Bertz CT molecular complexity index is 602. The van der Waals surface area contributed by atoms with Crippen LogP contribution >= 0.6 is 0 Å². The second-order valence-corrected chi connectivity index (χ2v) is 7.21. The van der Waals surface area contributed by atoms with Crippen LogP contribution in [0, 0.1) is 5.92 Å². The molecule has 142 valence electrons. The van der Waals surface area contributed by atoms with E-state index in [1.165, 1.54) is 0 Å². The highest BCUT2D eigenvalue weighted by atomic mass is 16.5. The standard InChI is InChI=1S/C20H29N3O3/c1-16(17-6-3-2-4-7-17)21-19(24)15-22-9-5-8-18(14-22)20(25)23-10-12-26-13-11-23/h2-4,6-7,16,18H,5,8-15H2,1H3,(H,21,24). The largest absolute Gasteiger partial charge is 0.378 e. The van der Waals surface area contributed by atoms with Gasteiger partial charge in [0.05, 0.1) is 31.7 Å². The van der Waals surface area contributed by atoms with E-state index in [-0.39, 0.29) is 23.8 Å². The van der Waals surface area contributed by atoms with E-state index in [1.54, 1.807) is 0 Å². The van der Waals surface area contributed by atoms with E-state index in [9.17, 15) is 9.59 Å². The van der Waals surface area contributed by atoms with Gasteiger partial charge in [-0.15, -0.1) is 0 Å². The summed E-state index contributed by atoms with van der Waals surface area (Å²) in [5.74, 6) is 0.234. The molecule has 0 spiro atoms. The number of amides is 2. The molecule has 3 rings (SSSR count). The van der Waals surface area contributed by atoms with Gasteiger partial charge < -0.3 is 15.0 Å². The summed E-state index contributed by atoms with van der Waals surface area (Å²) in [6.45, 7) is 6.51. The van der Waals surface area contributed by atoms with Crippen molar-refractivity contribution in [1.29, 1.82) is 0 Å². The van der Waals surface area contributed by atoms with Gasteiger partial charge in [0.25, 0.3) is 0 Å². The monoisotopic (exact) mass is 359 g/mol. The number of nitrogens with one attached hydrogen (secondary N) is 1. The SMILES string of the molecule is CC(NC(=O)CN1CCCC(C(=O)N2CCOCC2)C1)c1ccccc1. The molecule has 6 heteroatoms. The fourth-order valence-electron chi connectivity index (χ4n) is 3.76. The van der Waals surface area contributed by atoms with E-state index < -0.39 is 0 Å². The number of hydrogen-bond acceptors (Lipinski definition) is 4. The topological polar surface area (TPSA) is 61.9 Å². The molecule has 0 aliphatic carbocycles. The summed E-state index contributed by atoms with van der Waals surface area (Å²) < 4.78 is 5.33. The first-order valence-corrected chi connectivity index (χ1v) is 9.56. The van der Waals surface area contributed by atoms with E-state index >= 15 is 0 Å². The number of benzene rings is 1. The molecule has 2 heterocycles.